The van der Waals surface area contributed by atoms with E-state index in [2.05, 4.69) is 30.1 Å². The fraction of sp³-hybridized carbons (Fsp3) is 0.286. The van der Waals surface area contributed by atoms with Crippen molar-refractivity contribution in [3.05, 3.63) is 41.3 Å². The molecule has 0 aliphatic heterocycles. The lowest BCUT2D eigenvalue weighted by Gasteiger charge is -2.00. The van der Waals surface area contributed by atoms with Crippen LogP contribution in [0.15, 0.2) is 24.3 Å². The van der Waals surface area contributed by atoms with Crippen molar-refractivity contribution in [2.45, 2.75) is 20.3 Å². The van der Waals surface area contributed by atoms with Gasteiger partial charge in [-0.1, -0.05) is 31.2 Å². The van der Waals surface area contributed by atoms with Crippen LogP contribution in [0.25, 0.3) is 11.3 Å². The molecule has 3 heteroatoms. The molecule has 0 radical (unpaired) electrons. The van der Waals surface area contributed by atoms with Gasteiger partial charge in [-0.05, 0) is 18.9 Å². The number of rotatable bonds is 2. The molecule has 0 bridgehead atoms. The molecule has 2 rings (SSSR count). The van der Waals surface area contributed by atoms with Crippen LogP contribution in [0.3, 0.4) is 0 Å². The molecule has 86 valence electrons. The Balaban J connectivity index is 2.53. The number of nitriles is 1. The molecule has 0 fully saturated rings. The van der Waals surface area contributed by atoms with Crippen LogP contribution in [0.4, 0.5) is 0 Å². The topological polar surface area (TPSA) is 41.6 Å². The minimum absolute atomic E-state index is 0.617. The summed E-state index contributed by atoms with van der Waals surface area (Å²) in [6.07, 6.45) is 1.02. The molecule has 17 heavy (non-hydrogen) atoms. The predicted molar refractivity (Wildman–Crippen MR) is 67.5 cm³/mol. The van der Waals surface area contributed by atoms with Gasteiger partial charge in [-0.25, -0.2) is 4.98 Å². The number of hydrogen-bond donors (Lipinski definition) is 0. The van der Waals surface area contributed by atoms with E-state index in [4.69, 9.17) is 5.26 Å². The molecule has 0 atom stereocenters. The molecule has 1 aromatic carbocycles. The smallest absolute Gasteiger partial charge is 0.147 e. The van der Waals surface area contributed by atoms with Gasteiger partial charge in [0.25, 0.3) is 0 Å². The van der Waals surface area contributed by atoms with Gasteiger partial charge in [0.2, 0.25) is 0 Å². The molecule has 0 aliphatic rings. The van der Waals surface area contributed by atoms with E-state index in [1.54, 1.807) is 0 Å². The third-order valence-electron chi connectivity index (χ3n) is 3.06. The quantitative estimate of drug-likeness (QED) is 0.788. The SMILES string of the molecule is CCc1ccc(-c2nc(C)n(C)c2C#N)cc1. The van der Waals surface area contributed by atoms with Crippen molar-refractivity contribution < 1.29 is 0 Å². The van der Waals surface area contributed by atoms with E-state index in [9.17, 15) is 0 Å². The molecule has 0 aliphatic carbocycles. The van der Waals surface area contributed by atoms with Crippen molar-refractivity contribution in [3.8, 4) is 17.3 Å². The number of hydrogen-bond acceptors (Lipinski definition) is 2. The highest BCUT2D eigenvalue weighted by molar-refractivity contribution is 5.65. The second-order valence-corrected chi connectivity index (χ2v) is 4.08. The zero-order valence-corrected chi connectivity index (χ0v) is 10.4. The highest BCUT2D eigenvalue weighted by atomic mass is 15.1. The first-order chi connectivity index (χ1) is 8.17. The first kappa shape index (κ1) is 11.4. The van der Waals surface area contributed by atoms with Crippen LogP contribution in [0.5, 0.6) is 0 Å². The van der Waals surface area contributed by atoms with Crippen LogP contribution in [-0.4, -0.2) is 9.55 Å². The zero-order valence-electron chi connectivity index (χ0n) is 10.4. The maximum Gasteiger partial charge on any atom is 0.147 e. The molecule has 2 aromatic rings. The first-order valence-corrected chi connectivity index (χ1v) is 5.70. The van der Waals surface area contributed by atoms with E-state index < -0.39 is 0 Å². The van der Waals surface area contributed by atoms with Crippen molar-refractivity contribution in [1.29, 1.82) is 5.26 Å². The van der Waals surface area contributed by atoms with Gasteiger partial charge in [-0.2, -0.15) is 5.26 Å². The molecule has 0 saturated carbocycles. The molecule has 3 nitrogen and oxygen atoms in total. The van der Waals surface area contributed by atoms with Gasteiger partial charge in [-0.3, -0.25) is 0 Å². The summed E-state index contributed by atoms with van der Waals surface area (Å²) in [6, 6.07) is 10.4. The van der Waals surface area contributed by atoms with Gasteiger partial charge < -0.3 is 4.57 Å². The molecule has 0 saturated heterocycles. The van der Waals surface area contributed by atoms with Crippen molar-refractivity contribution >= 4 is 0 Å². The lowest BCUT2D eigenvalue weighted by atomic mass is 10.1. The molecule has 0 N–H and O–H groups in total. The van der Waals surface area contributed by atoms with E-state index in [0.29, 0.717) is 5.69 Å². The van der Waals surface area contributed by atoms with E-state index in [1.807, 2.05) is 30.7 Å². The van der Waals surface area contributed by atoms with Crippen molar-refractivity contribution in [3.63, 3.8) is 0 Å². The van der Waals surface area contributed by atoms with Crippen LogP contribution < -0.4 is 0 Å². The molecule has 0 amide bonds. The molecular weight excluding hydrogens is 210 g/mol. The van der Waals surface area contributed by atoms with Crippen molar-refractivity contribution in [2.24, 2.45) is 7.05 Å². The average Bonchev–Trinajstić information content (AvgIpc) is 2.65. The van der Waals surface area contributed by atoms with E-state index in [-0.39, 0.29) is 0 Å². The lowest BCUT2D eigenvalue weighted by Crippen LogP contribution is -1.94. The highest BCUT2D eigenvalue weighted by Crippen LogP contribution is 2.23. The minimum atomic E-state index is 0.617. The summed E-state index contributed by atoms with van der Waals surface area (Å²) in [5, 5.41) is 9.16. The largest absolute Gasteiger partial charge is 0.323 e. The van der Waals surface area contributed by atoms with Crippen molar-refractivity contribution in [2.75, 3.05) is 0 Å². The summed E-state index contributed by atoms with van der Waals surface area (Å²) in [7, 11) is 1.87. The van der Waals surface area contributed by atoms with E-state index in [1.165, 1.54) is 5.56 Å². The predicted octanol–water partition coefficient (Wildman–Crippen LogP) is 2.83. The highest BCUT2D eigenvalue weighted by Gasteiger charge is 2.13. The Morgan fingerprint density at radius 2 is 1.94 bits per heavy atom. The minimum Gasteiger partial charge on any atom is -0.323 e. The second-order valence-electron chi connectivity index (χ2n) is 4.08. The number of benzene rings is 1. The summed E-state index contributed by atoms with van der Waals surface area (Å²) in [4.78, 5) is 4.45. The van der Waals surface area contributed by atoms with Gasteiger partial charge in [0.1, 0.15) is 23.3 Å². The number of nitrogens with zero attached hydrogens (tertiary/aromatic N) is 3. The Hall–Kier alpha value is -2.08. The Morgan fingerprint density at radius 3 is 2.47 bits per heavy atom. The standard InChI is InChI=1S/C14H15N3/c1-4-11-5-7-12(8-6-11)14-13(9-15)17(3)10(2)16-14/h5-8H,4H2,1-3H3. The van der Waals surface area contributed by atoms with E-state index >= 15 is 0 Å². The first-order valence-electron chi connectivity index (χ1n) is 5.70. The normalized spacial score (nSPS) is 10.2. The van der Waals surface area contributed by atoms with Crippen LogP contribution in [0.2, 0.25) is 0 Å². The summed E-state index contributed by atoms with van der Waals surface area (Å²) in [5.74, 6) is 0.858. The molecule has 1 heterocycles. The summed E-state index contributed by atoms with van der Waals surface area (Å²) < 4.78 is 1.82. The van der Waals surface area contributed by atoms with Crippen LogP contribution in [0.1, 0.15) is 24.0 Å². The van der Waals surface area contributed by atoms with Crippen molar-refractivity contribution in [1.82, 2.24) is 9.55 Å². The summed E-state index contributed by atoms with van der Waals surface area (Å²) in [5.41, 5.74) is 3.68. The fourth-order valence-corrected chi connectivity index (χ4v) is 1.84. The maximum atomic E-state index is 9.16. The van der Waals surface area contributed by atoms with Crippen LogP contribution >= 0.6 is 0 Å². The summed E-state index contributed by atoms with van der Waals surface area (Å²) in [6.45, 7) is 4.03. The molecule has 0 unspecified atom stereocenters. The zero-order chi connectivity index (χ0) is 12.4. The maximum absolute atomic E-state index is 9.16. The van der Waals surface area contributed by atoms with Gasteiger partial charge in [0.15, 0.2) is 0 Å². The van der Waals surface area contributed by atoms with E-state index in [0.717, 1.165) is 23.5 Å². The van der Waals surface area contributed by atoms with Gasteiger partial charge in [0.05, 0.1) is 0 Å². The third kappa shape index (κ3) is 1.94. The lowest BCUT2D eigenvalue weighted by molar-refractivity contribution is 0.845. The summed E-state index contributed by atoms with van der Waals surface area (Å²) >= 11 is 0. The number of aryl methyl sites for hydroxylation is 2. The third-order valence-corrected chi connectivity index (χ3v) is 3.06. The monoisotopic (exact) mass is 225 g/mol. The molecule has 1 aromatic heterocycles. The number of aromatic nitrogens is 2. The van der Waals surface area contributed by atoms with Gasteiger partial charge in [0, 0.05) is 12.6 Å². The Kier molecular flexibility index (Phi) is 2.97. The van der Waals surface area contributed by atoms with Gasteiger partial charge >= 0.3 is 0 Å². The van der Waals surface area contributed by atoms with Crippen LogP contribution in [0, 0.1) is 18.3 Å². The number of imidazole rings is 1. The molecule has 0 spiro atoms. The average molecular weight is 225 g/mol. The second kappa shape index (κ2) is 4.42. The molecular formula is C14H15N3. The Morgan fingerprint density at radius 1 is 1.29 bits per heavy atom. The van der Waals surface area contributed by atoms with Gasteiger partial charge in [-0.15, -0.1) is 0 Å². The Bertz CT molecular complexity index is 571. The fourth-order valence-electron chi connectivity index (χ4n) is 1.84. The Labute approximate surface area is 101 Å². The van der Waals surface area contributed by atoms with Crippen LogP contribution in [-0.2, 0) is 13.5 Å².